The van der Waals surface area contributed by atoms with Crippen molar-refractivity contribution in [3.05, 3.63) is 65.2 Å². The third kappa shape index (κ3) is 3.20. The van der Waals surface area contributed by atoms with Gasteiger partial charge in [0.25, 0.3) is 11.5 Å². The van der Waals surface area contributed by atoms with Crippen LogP contribution < -0.4 is 20.3 Å². The van der Waals surface area contributed by atoms with Gasteiger partial charge in [-0.15, -0.1) is 0 Å². The Bertz CT molecular complexity index is 1090. The zero-order valence-electron chi connectivity index (χ0n) is 15.4. The molecule has 0 unspecified atom stereocenters. The largest absolute Gasteiger partial charge is 0.454 e. The molecule has 142 valence electrons. The Morgan fingerprint density at radius 2 is 1.82 bits per heavy atom. The second-order valence-corrected chi connectivity index (χ2v) is 6.79. The number of nitrogens with zero attached hydrogens (tertiary/aromatic N) is 3. The summed E-state index contributed by atoms with van der Waals surface area (Å²) >= 11 is 0. The van der Waals surface area contributed by atoms with Gasteiger partial charge in [-0.25, -0.2) is 4.68 Å². The van der Waals surface area contributed by atoms with Crippen molar-refractivity contribution in [2.75, 3.05) is 12.1 Å². The van der Waals surface area contributed by atoms with E-state index in [1.165, 1.54) is 10.7 Å². The Labute approximate surface area is 160 Å². The number of aromatic nitrogens is 3. The van der Waals surface area contributed by atoms with E-state index in [-0.39, 0.29) is 18.3 Å². The first-order valence-electron chi connectivity index (χ1n) is 8.67. The molecule has 1 aromatic carbocycles. The van der Waals surface area contributed by atoms with Crippen LogP contribution in [0.4, 0.5) is 5.69 Å². The summed E-state index contributed by atoms with van der Waals surface area (Å²) in [6.45, 7) is 3.45. The van der Waals surface area contributed by atoms with Crippen LogP contribution in [0.3, 0.4) is 0 Å². The number of carbonyl (C=O) groups excluding carboxylic acids is 1. The number of hydrogen-bond acceptors (Lipinski definition) is 6. The molecule has 3 aromatic rings. The van der Waals surface area contributed by atoms with Crippen LogP contribution in [0, 0.1) is 0 Å². The lowest BCUT2D eigenvalue weighted by Gasteiger charge is -2.25. The SMILES string of the molecule is CC(C)(C(=O)Nc1ccncc1)n1nc(-c2ccc3c(c2)OCO3)ccc1=O. The normalized spacial score (nSPS) is 12.6. The summed E-state index contributed by atoms with van der Waals surface area (Å²) in [5.74, 6) is 0.914. The molecule has 0 spiro atoms. The Morgan fingerprint density at radius 1 is 1.07 bits per heavy atom. The highest BCUT2D eigenvalue weighted by atomic mass is 16.7. The fourth-order valence-electron chi connectivity index (χ4n) is 2.84. The van der Waals surface area contributed by atoms with E-state index in [0.29, 0.717) is 22.9 Å². The molecule has 0 bridgehead atoms. The number of hydrogen-bond donors (Lipinski definition) is 1. The van der Waals surface area contributed by atoms with Gasteiger partial charge in [0, 0.05) is 29.7 Å². The molecule has 0 aliphatic carbocycles. The van der Waals surface area contributed by atoms with Gasteiger partial charge in [-0.2, -0.15) is 5.10 Å². The average molecular weight is 378 g/mol. The fourth-order valence-corrected chi connectivity index (χ4v) is 2.84. The number of rotatable bonds is 4. The van der Waals surface area contributed by atoms with E-state index in [1.807, 2.05) is 6.07 Å². The molecule has 28 heavy (non-hydrogen) atoms. The summed E-state index contributed by atoms with van der Waals surface area (Å²) in [7, 11) is 0. The minimum atomic E-state index is -1.22. The first-order valence-corrected chi connectivity index (χ1v) is 8.67. The van der Waals surface area contributed by atoms with Crippen LogP contribution >= 0.6 is 0 Å². The number of anilines is 1. The van der Waals surface area contributed by atoms with Crippen molar-refractivity contribution < 1.29 is 14.3 Å². The van der Waals surface area contributed by atoms with Gasteiger partial charge in [0.05, 0.1) is 5.69 Å². The molecule has 0 saturated heterocycles. The second kappa shape index (κ2) is 6.80. The molecule has 8 heteroatoms. The lowest BCUT2D eigenvalue weighted by Crippen LogP contribution is -2.47. The second-order valence-electron chi connectivity index (χ2n) is 6.79. The Morgan fingerprint density at radius 3 is 2.61 bits per heavy atom. The number of benzene rings is 1. The molecule has 4 rings (SSSR count). The minimum Gasteiger partial charge on any atom is -0.454 e. The van der Waals surface area contributed by atoms with Crippen LogP contribution in [0.2, 0.25) is 0 Å². The molecule has 0 saturated carbocycles. The van der Waals surface area contributed by atoms with Crippen LogP contribution in [0.1, 0.15) is 13.8 Å². The van der Waals surface area contributed by atoms with Crippen molar-refractivity contribution in [2.24, 2.45) is 0 Å². The zero-order chi connectivity index (χ0) is 19.7. The molecule has 3 heterocycles. The van der Waals surface area contributed by atoms with Crippen LogP contribution in [0.25, 0.3) is 11.3 Å². The van der Waals surface area contributed by atoms with E-state index in [1.54, 1.807) is 56.6 Å². The van der Waals surface area contributed by atoms with E-state index < -0.39 is 5.54 Å². The predicted octanol–water partition coefficient (Wildman–Crippen LogP) is 2.41. The number of nitrogens with one attached hydrogen (secondary N) is 1. The molecule has 1 aliphatic heterocycles. The van der Waals surface area contributed by atoms with E-state index in [0.717, 1.165) is 5.56 Å². The fraction of sp³-hybridized carbons (Fsp3) is 0.200. The van der Waals surface area contributed by atoms with Gasteiger partial charge in [-0.05, 0) is 50.2 Å². The summed E-state index contributed by atoms with van der Waals surface area (Å²) in [6, 6.07) is 11.8. The van der Waals surface area contributed by atoms with Gasteiger partial charge in [0.15, 0.2) is 11.5 Å². The van der Waals surface area contributed by atoms with Gasteiger partial charge >= 0.3 is 0 Å². The Balaban J connectivity index is 1.68. The summed E-state index contributed by atoms with van der Waals surface area (Å²) in [4.78, 5) is 29.2. The highest BCUT2D eigenvalue weighted by Gasteiger charge is 2.32. The lowest BCUT2D eigenvalue weighted by atomic mass is 10.0. The first kappa shape index (κ1) is 17.7. The standard InChI is InChI=1S/C20H18N4O4/c1-20(2,19(26)22-14-7-9-21-10-8-14)24-18(25)6-4-15(23-24)13-3-5-16-17(11-13)28-12-27-16/h3-11H,12H2,1-2H3,(H,21,22,26). The van der Waals surface area contributed by atoms with Gasteiger partial charge in [0.2, 0.25) is 6.79 Å². The third-order valence-corrected chi connectivity index (χ3v) is 4.49. The quantitative estimate of drug-likeness (QED) is 0.749. The molecule has 1 aliphatic rings. The maximum Gasteiger partial charge on any atom is 0.267 e. The molecule has 1 N–H and O–H groups in total. The van der Waals surface area contributed by atoms with Gasteiger partial charge < -0.3 is 14.8 Å². The summed E-state index contributed by atoms with van der Waals surface area (Å²) < 4.78 is 11.9. The summed E-state index contributed by atoms with van der Waals surface area (Å²) in [5, 5.41) is 7.22. The minimum absolute atomic E-state index is 0.175. The summed E-state index contributed by atoms with van der Waals surface area (Å²) in [6.07, 6.45) is 3.15. The van der Waals surface area contributed by atoms with Crippen molar-refractivity contribution in [3.63, 3.8) is 0 Å². The highest BCUT2D eigenvalue weighted by Crippen LogP contribution is 2.35. The van der Waals surface area contributed by atoms with E-state index in [2.05, 4.69) is 15.4 Å². The average Bonchev–Trinajstić information content (AvgIpc) is 3.16. The van der Waals surface area contributed by atoms with Crippen molar-refractivity contribution in [3.8, 4) is 22.8 Å². The van der Waals surface area contributed by atoms with Gasteiger partial charge in [0.1, 0.15) is 5.54 Å². The first-order chi connectivity index (χ1) is 13.4. The molecule has 0 radical (unpaired) electrons. The predicted molar refractivity (Wildman–Crippen MR) is 102 cm³/mol. The lowest BCUT2D eigenvalue weighted by molar-refractivity contribution is -0.123. The van der Waals surface area contributed by atoms with Crippen molar-refractivity contribution in [1.82, 2.24) is 14.8 Å². The molecular formula is C20H18N4O4. The van der Waals surface area contributed by atoms with Gasteiger partial charge in [-0.3, -0.25) is 14.6 Å². The third-order valence-electron chi connectivity index (χ3n) is 4.49. The topological polar surface area (TPSA) is 95.3 Å². The zero-order valence-corrected chi connectivity index (χ0v) is 15.4. The molecular weight excluding hydrogens is 360 g/mol. The molecule has 8 nitrogen and oxygen atoms in total. The van der Waals surface area contributed by atoms with E-state index >= 15 is 0 Å². The smallest absolute Gasteiger partial charge is 0.267 e. The number of pyridine rings is 1. The molecule has 0 fully saturated rings. The van der Waals surface area contributed by atoms with E-state index in [4.69, 9.17) is 9.47 Å². The van der Waals surface area contributed by atoms with E-state index in [9.17, 15) is 9.59 Å². The van der Waals surface area contributed by atoms with Crippen molar-refractivity contribution >= 4 is 11.6 Å². The number of fused-ring (bicyclic) bond motifs is 1. The van der Waals surface area contributed by atoms with Crippen LogP contribution in [-0.2, 0) is 10.3 Å². The maximum atomic E-state index is 12.8. The highest BCUT2D eigenvalue weighted by molar-refractivity contribution is 5.96. The van der Waals surface area contributed by atoms with Crippen LogP contribution in [0.5, 0.6) is 11.5 Å². The maximum absolute atomic E-state index is 12.8. The van der Waals surface area contributed by atoms with Crippen molar-refractivity contribution in [1.29, 1.82) is 0 Å². The van der Waals surface area contributed by atoms with Crippen LogP contribution in [0.15, 0.2) is 59.7 Å². The molecule has 1 amide bonds. The van der Waals surface area contributed by atoms with Crippen LogP contribution in [-0.4, -0.2) is 27.5 Å². The number of ether oxygens (including phenoxy) is 2. The number of amides is 1. The monoisotopic (exact) mass is 378 g/mol. The van der Waals surface area contributed by atoms with Gasteiger partial charge in [-0.1, -0.05) is 0 Å². The Kier molecular flexibility index (Phi) is 4.31. The number of carbonyl (C=O) groups is 1. The Hall–Kier alpha value is -3.68. The summed E-state index contributed by atoms with van der Waals surface area (Å²) in [5.41, 5.74) is 0.297. The van der Waals surface area contributed by atoms with Crippen molar-refractivity contribution in [2.45, 2.75) is 19.4 Å². The molecule has 0 atom stereocenters. The molecule has 2 aromatic heterocycles.